The van der Waals surface area contributed by atoms with Crippen molar-refractivity contribution < 1.29 is 4.74 Å². The molecule has 0 bridgehead atoms. The van der Waals surface area contributed by atoms with Crippen LogP contribution < -0.4 is 5.32 Å². The van der Waals surface area contributed by atoms with Crippen molar-refractivity contribution in [2.75, 3.05) is 11.9 Å². The lowest BCUT2D eigenvalue weighted by Crippen LogP contribution is -2.30. The van der Waals surface area contributed by atoms with Crippen LogP contribution in [0.4, 0.5) is 5.69 Å². The molecular weight excluding hydrogens is 324 g/mol. The molecule has 1 fully saturated rings. The van der Waals surface area contributed by atoms with Crippen LogP contribution in [0.25, 0.3) is 10.9 Å². The molecule has 5 heteroatoms. The summed E-state index contributed by atoms with van der Waals surface area (Å²) in [4.78, 5) is 4.28. The molecule has 2 heterocycles. The van der Waals surface area contributed by atoms with Crippen LogP contribution in [0, 0.1) is 6.92 Å². The quantitative estimate of drug-likeness (QED) is 0.698. The minimum Gasteiger partial charge on any atom is -0.380 e. The fraction of sp³-hybridized carbons (Fsp3) is 0.429. The molecule has 0 spiro atoms. The van der Waals surface area contributed by atoms with Gasteiger partial charge < -0.3 is 10.1 Å². The molecule has 0 amide bonds. The monoisotopic (exact) mass is 350 g/mol. The number of nitrogens with zero attached hydrogens (tertiary/aromatic N) is 2. The number of fused-ring (bicyclic) bond motifs is 1. The molecule has 0 radical (unpaired) electrons. The summed E-state index contributed by atoms with van der Waals surface area (Å²) in [6.07, 6.45) is 11.4. The summed E-state index contributed by atoms with van der Waals surface area (Å²) in [5, 5.41) is 11.8. The maximum absolute atomic E-state index is 6.13. The molecule has 2 aromatic heterocycles. The van der Waals surface area contributed by atoms with Gasteiger partial charge in [0.25, 0.3) is 0 Å². The third-order valence-electron chi connectivity index (χ3n) is 5.23. The number of nitrogens with one attached hydrogen (secondary N) is 2. The largest absolute Gasteiger partial charge is 0.380 e. The van der Waals surface area contributed by atoms with Crippen molar-refractivity contribution in [3.63, 3.8) is 0 Å². The second-order valence-electron chi connectivity index (χ2n) is 7.25. The minimum atomic E-state index is 0.390. The maximum atomic E-state index is 6.13. The predicted octanol–water partition coefficient (Wildman–Crippen LogP) is 4.25. The molecular formula is C21H26N4O. The Bertz CT molecular complexity index is 852. The maximum Gasteiger partial charge on any atom is 0.0854 e. The van der Waals surface area contributed by atoms with Crippen molar-refractivity contribution >= 4 is 16.6 Å². The Morgan fingerprint density at radius 3 is 2.88 bits per heavy atom. The zero-order valence-corrected chi connectivity index (χ0v) is 15.2. The first-order valence-corrected chi connectivity index (χ1v) is 9.49. The van der Waals surface area contributed by atoms with E-state index in [1.807, 2.05) is 18.6 Å². The van der Waals surface area contributed by atoms with Gasteiger partial charge in [-0.15, -0.1) is 0 Å². The fourth-order valence-corrected chi connectivity index (χ4v) is 3.78. The smallest absolute Gasteiger partial charge is 0.0854 e. The van der Waals surface area contributed by atoms with E-state index in [-0.39, 0.29) is 0 Å². The standard InChI is InChI=1S/C21H26N4O/c1-15-3-2-4-16(11-15)9-10-26-18-7-5-17(6-8-18)24-20-13-22-14-21-19(20)12-23-25-21/h2-4,11-14,17-18,24H,5-10H2,1H3,(H,23,25). The summed E-state index contributed by atoms with van der Waals surface area (Å²) in [5.74, 6) is 0. The first kappa shape index (κ1) is 17.0. The van der Waals surface area contributed by atoms with Gasteiger partial charge in [-0.1, -0.05) is 29.8 Å². The highest BCUT2D eigenvalue weighted by molar-refractivity contribution is 5.89. The van der Waals surface area contributed by atoms with E-state index in [1.54, 1.807) is 0 Å². The summed E-state index contributed by atoms with van der Waals surface area (Å²) < 4.78 is 6.13. The number of H-pyrrole nitrogens is 1. The summed E-state index contributed by atoms with van der Waals surface area (Å²) in [6.45, 7) is 2.95. The van der Waals surface area contributed by atoms with E-state index in [2.05, 4.69) is 51.7 Å². The summed E-state index contributed by atoms with van der Waals surface area (Å²) in [6, 6.07) is 9.17. The van der Waals surface area contributed by atoms with E-state index >= 15 is 0 Å². The number of anilines is 1. The van der Waals surface area contributed by atoms with E-state index < -0.39 is 0 Å². The van der Waals surface area contributed by atoms with E-state index in [4.69, 9.17) is 4.74 Å². The van der Waals surface area contributed by atoms with Gasteiger partial charge in [-0.2, -0.15) is 5.10 Å². The van der Waals surface area contributed by atoms with Crippen LogP contribution in [0.2, 0.25) is 0 Å². The van der Waals surface area contributed by atoms with Crippen molar-refractivity contribution in [3.8, 4) is 0 Å². The number of hydrogen-bond acceptors (Lipinski definition) is 4. The zero-order valence-electron chi connectivity index (χ0n) is 15.2. The van der Waals surface area contributed by atoms with Crippen molar-refractivity contribution in [2.45, 2.75) is 51.2 Å². The molecule has 5 nitrogen and oxygen atoms in total. The van der Waals surface area contributed by atoms with Gasteiger partial charge in [0, 0.05) is 11.4 Å². The lowest BCUT2D eigenvalue weighted by molar-refractivity contribution is 0.0283. The Morgan fingerprint density at radius 1 is 1.15 bits per heavy atom. The second-order valence-corrected chi connectivity index (χ2v) is 7.25. The Balaban J connectivity index is 1.23. The van der Waals surface area contributed by atoms with Crippen molar-refractivity contribution in [3.05, 3.63) is 54.0 Å². The van der Waals surface area contributed by atoms with Crippen molar-refractivity contribution in [1.82, 2.24) is 15.2 Å². The van der Waals surface area contributed by atoms with Gasteiger partial charge in [-0.3, -0.25) is 10.1 Å². The van der Waals surface area contributed by atoms with Gasteiger partial charge in [0.1, 0.15) is 0 Å². The van der Waals surface area contributed by atoms with Gasteiger partial charge >= 0.3 is 0 Å². The van der Waals surface area contributed by atoms with Crippen LogP contribution in [0.5, 0.6) is 0 Å². The normalized spacial score (nSPS) is 20.3. The Kier molecular flexibility index (Phi) is 5.16. The topological polar surface area (TPSA) is 62.8 Å². The molecule has 1 aromatic carbocycles. The third-order valence-corrected chi connectivity index (χ3v) is 5.23. The van der Waals surface area contributed by atoms with Gasteiger partial charge in [-0.05, 0) is 44.6 Å². The summed E-state index contributed by atoms with van der Waals surface area (Å²) >= 11 is 0. The molecule has 0 atom stereocenters. The van der Waals surface area contributed by atoms with Crippen LogP contribution in [-0.4, -0.2) is 33.9 Å². The third kappa shape index (κ3) is 4.05. The number of aromatic amines is 1. The molecule has 136 valence electrons. The average Bonchev–Trinajstić information content (AvgIpc) is 3.13. The number of aryl methyl sites for hydroxylation is 1. The molecule has 1 aliphatic rings. The minimum absolute atomic E-state index is 0.390. The van der Waals surface area contributed by atoms with Crippen molar-refractivity contribution in [2.24, 2.45) is 0 Å². The number of pyridine rings is 1. The lowest BCUT2D eigenvalue weighted by atomic mass is 9.92. The molecule has 2 N–H and O–H groups in total. The summed E-state index contributed by atoms with van der Waals surface area (Å²) in [5.41, 5.74) is 4.72. The molecule has 1 aliphatic carbocycles. The molecule has 4 rings (SSSR count). The van der Waals surface area contributed by atoms with Gasteiger partial charge in [0.15, 0.2) is 0 Å². The Morgan fingerprint density at radius 2 is 2.04 bits per heavy atom. The highest BCUT2D eigenvalue weighted by Crippen LogP contribution is 2.27. The Hall–Kier alpha value is -2.40. The average molecular weight is 350 g/mol. The zero-order chi connectivity index (χ0) is 17.8. The van der Waals surface area contributed by atoms with Gasteiger partial charge in [-0.25, -0.2) is 0 Å². The number of benzene rings is 1. The SMILES string of the molecule is Cc1cccc(CCOC2CCC(Nc3cncc4[nH]ncc34)CC2)c1. The van der Waals surface area contributed by atoms with Gasteiger partial charge in [0.2, 0.25) is 0 Å². The first-order chi connectivity index (χ1) is 12.8. The van der Waals surface area contributed by atoms with Crippen LogP contribution in [-0.2, 0) is 11.2 Å². The number of hydrogen-bond donors (Lipinski definition) is 2. The van der Waals surface area contributed by atoms with Gasteiger partial charge in [0.05, 0.1) is 42.5 Å². The molecule has 26 heavy (non-hydrogen) atoms. The van der Waals surface area contributed by atoms with Crippen LogP contribution in [0.15, 0.2) is 42.9 Å². The molecule has 3 aromatic rings. The second kappa shape index (κ2) is 7.87. The highest BCUT2D eigenvalue weighted by Gasteiger charge is 2.22. The van der Waals surface area contributed by atoms with Crippen LogP contribution in [0.1, 0.15) is 36.8 Å². The molecule has 0 saturated heterocycles. The molecule has 1 saturated carbocycles. The van der Waals surface area contributed by atoms with E-state index in [0.717, 1.165) is 55.3 Å². The van der Waals surface area contributed by atoms with Crippen LogP contribution in [0.3, 0.4) is 0 Å². The number of ether oxygens (including phenoxy) is 1. The summed E-state index contributed by atoms with van der Waals surface area (Å²) in [7, 11) is 0. The number of rotatable bonds is 6. The fourth-order valence-electron chi connectivity index (χ4n) is 3.78. The van der Waals surface area contributed by atoms with E-state index in [0.29, 0.717) is 12.1 Å². The van der Waals surface area contributed by atoms with Crippen LogP contribution >= 0.6 is 0 Å². The van der Waals surface area contributed by atoms with Crippen molar-refractivity contribution in [1.29, 1.82) is 0 Å². The highest BCUT2D eigenvalue weighted by atomic mass is 16.5. The molecule has 0 aliphatic heterocycles. The van der Waals surface area contributed by atoms with E-state index in [1.165, 1.54) is 11.1 Å². The number of aromatic nitrogens is 3. The predicted molar refractivity (Wildman–Crippen MR) is 104 cm³/mol. The first-order valence-electron chi connectivity index (χ1n) is 9.49. The van der Waals surface area contributed by atoms with E-state index in [9.17, 15) is 0 Å². The molecule has 0 unspecified atom stereocenters. The Labute approximate surface area is 154 Å². The lowest BCUT2D eigenvalue weighted by Gasteiger charge is -2.30.